The number of ether oxygens (including phenoxy) is 1. The van der Waals surface area contributed by atoms with Gasteiger partial charge in [-0.25, -0.2) is 0 Å². The van der Waals surface area contributed by atoms with Crippen LogP contribution < -0.4 is 0 Å². The first kappa shape index (κ1) is 8.27. The molecular weight excluding hydrogens is 168 g/mol. The Morgan fingerprint density at radius 1 is 1.50 bits per heavy atom. The van der Waals surface area contributed by atoms with E-state index >= 15 is 0 Å². The zero-order valence-electron chi connectivity index (χ0n) is 5.49. The number of cyclic esters (lactones) is 1. The second-order valence-electron chi connectivity index (χ2n) is 2.32. The summed E-state index contributed by atoms with van der Waals surface area (Å²) in [5, 5.41) is -0.288. The van der Waals surface area contributed by atoms with Crippen molar-refractivity contribution in [3.63, 3.8) is 0 Å². The fourth-order valence-electron chi connectivity index (χ4n) is 0.866. The summed E-state index contributed by atoms with van der Waals surface area (Å²) in [6, 6.07) is 0. The van der Waals surface area contributed by atoms with E-state index in [-0.39, 0.29) is 16.5 Å². The molecule has 0 aromatic carbocycles. The molecule has 0 radical (unpaired) electrons. The number of thiol groups is 2. The lowest BCUT2D eigenvalue weighted by Crippen LogP contribution is -2.24. The van der Waals surface area contributed by atoms with Crippen LogP contribution in [0, 0.1) is 0 Å². The van der Waals surface area contributed by atoms with Crippen LogP contribution in [0.1, 0.15) is 12.8 Å². The van der Waals surface area contributed by atoms with Crippen molar-refractivity contribution in [1.29, 1.82) is 0 Å². The molecule has 0 N–H and O–H groups in total. The van der Waals surface area contributed by atoms with Crippen molar-refractivity contribution in [3.8, 4) is 0 Å². The third kappa shape index (κ3) is 1.83. The molecule has 0 amide bonds. The number of esters is 1. The first-order chi connectivity index (χ1) is 4.72. The zero-order valence-corrected chi connectivity index (χ0v) is 7.28. The van der Waals surface area contributed by atoms with Gasteiger partial charge in [0.1, 0.15) is 5.25 Å². The zero-order chi connectivity index (χ0) is 7.56. The minimum absolute atomic E-state index is 0.0540. The molecular formula is C6H10O2S2. The average molecular weight is 178 g/mol. The van der Waals surface area contributed by atoms with E-state index < -0.39 is 0 Å². The Morgan fingerprint density at radius 2 is 2.20 bits per heavy atom. The normalized spacial score (nSPS) is 34.8. The summed E-state index contributed by atoms with van der Waals surface area (Å²) in [6.07, 6.45) is 1.81. The summed E-state index contributed by atoms with van der Waals surface area (Å²) in [5.74, 6) is -0.235. The van der Waals surface area contributed by atoms with E-state index in [1.807, 2.05) is 0 Å². The van der Waals surface area contributed by atoms with Crippen LogP contribution in [0.25, 0.3) is 0 Å². The number of carbonyl (C=O) groups excluding carboxylic acids is 1. The summed E-state index contributed by atoms with van der Waals surface area (Å²) in [7, 11) is 0. The predicted octanol–water partition coefficient (Wildman–Crippen LogP) is 0.920. The predicted molar refractivity (Wildman–Crippen MR) is 45.7 cm³/mol. The molecule has 2 nitrogen and oxygen atoms in total. The van der Waals surface area contributed by atoms with Crippen molar-refractivity contribution in [3.05, 3.63) is 0 Å². The third-order valence-corrected chi connectivity index (χ3v) is 2.86. The van der Waals surface area contributed by atoms with Crippen molar-refractivity contribution in [1.82, 2.24) is 0 Å². The van der Waals surface area contributed by atoms with Crippen LogP contribution in [-0.2, 0) is 9.53 Å². The summed E-state index contributed by atoms with van der Waals surface area (Å²) >= 11 is 8.28. The molecule has 0 aliphatic carbocycles. The second kappa shape index (κ2) is 3.53. The van der Waals surface area contributed by atoms with E-state index in [2.05, 4.69) is 25.3 Å². The van der Waals surface area contributed by atoms with Gasteiger partial charge < -0.3 is 4.74 Å². The molecule has 10 heavy (non-hydrogen) atoms. The molecule has 1 saturated heterocycles. The summed E-state index contributed by atoms with van der Waals surface area (Å²) in [5.41, 5.74) is 0. The van der Waals surface area contributed by atoms with E-state index in [1.54, 1.807) is 0 Å². The Hall–Kier alpha value is 0.170. The second-order valence-corrected chi connectivity index (χ2v) is 3.54. The van der Waals surface area contributed by atoms with Gasteiger partial charge in [0, 0.05) is 5.25 Å². The minimum Gasteiger partial charge on any atom is -0.465 e. The van der Waals surface area contributed by atoms with Gasteiger partial charge in [-0.2, -0.15) is 25.3 Å². The molecule has 0 spiro atoms. The number of hydrogen-bond acceptors (Lipinski definition) is 4. The smallest absolute Gasteiger partial charge is 0.319 e. The molecule has 0 bridgehead atoms. The lowest BCUT2D eigenvalue weighted by Gasteiger charge is -2.10. The summed E-state index contributed by atoms with van der Waals surface area (Å²) in [4.78, 5) is 10.9. The van der Waals surface area contributed by atoms with Crippen molar-refractivity contribution in [2.75, 3.05) is 6.61 Å². The maximum absolute atomic E-state index is 10.9. The fourth-order valence-corrected chi connectivity index (χ4v) is 1.39. The molecule has 1 aliphatic rings. The average Bonchev–Trinajstić information content (AvgIpc) is 2.04. The molecule has 0 aromatic heterocycles. The molecule has 1 fully saturated rings. The number of carbonyl (C=O) groups is 1. The van der Waals surface area contributed by atoms with Crippen molar-refractivity contribution in [2.45, 2.75) is 23.3 Å². The molecule has 0 saturated carbocycles. The van der Waals surface area contributed by atoms with Crippen LogP contribution >= 0.6 is 25.3 Å². The maximum atomic E-state index is 10.9. The molecule has 1 aliphatic heterocycles. The van der Waals surface area contributed by atoms with Gasteiger partial charge in [0.15, 0.2) is 0 Å². The number of hydrogen-bond donors (Lipinski definition) is 2. The third-order valence-electron chi connectivity index (χ3n) is 1.49. The van der Waals surface area contributed by atoms with Gasteiger partial charge in [0.25, 0.3) is 0 Å². The Bertz CT molecular complexity index is 138. The Labute approximate surface area is 71.1 Å². The van der Waals surface area contributed by atoms with Gasteiger partial charge in [-0.3, -0.25) is 4.79 Å². The molecule has 1 heterocycles. The van der Waals surface area contributed by atoms with E-state index in [9.17, 15) is 4.79 Å². The van der Waals surface area contributed by atoms with Crippen LogP contribution in [0.5, 0.6) is 0 Å². The Morgan fingerprint density at radius 3 is 2.90 bits per heavy atom. The van der Waals surface area contributed by atoms with Gasteiger partial charge >= 0.3 is 5.97 Å². The standard InChI is InChI=1S/C6H10O2S2/c7-6-5(10)4(9)2-1-3-8-6/h4-5,9-10H,1-3H2. The molecule has 2 atom stereocenters. The first-order valence-corrected chi connectivity index (χ1v) is 4.28. The van der Waals surface area contributed by atoms with Gasteiger partial charge in [-0.15, -0.1) is 0 Å². The fraction of sp³-hybridized carbons (Fsp3) is 0.833. The maximum Gasteiger partial charge on any atom is 0.319 e. The topological polar surface area (TPSA) is 26.3 Å². The van der Waals surface area contributed by atoms with E-state index in [0.717, 1.165) is 12.8 Å². The van der Waals surface area contributed by atoms with Crippen molar-refractivity contribution in [2.24, 2.45) is 0 Å². The summed E-state index contributed by atoms with van der Waals surface area (Å²) in [6.45, 7) is 0.521. The highest BCUT2D eigenvalue weighted by molar-refractivity contribution is 7.85. The van der Waals surface area contributed by atoms with Crippen molar-refractivity contribution >= 4 is 31.2 Å². The lowest BCUT2D eigenvalue weighted by molar-refractivity contribution is -0.141. The van der Waals surface area contributed by atoms with E-state index in [4.69, 9.17) is 4.74 Å². The summed E-state index contributed by atoms with van der Waals surface area (Å²) < 4.78 is 4.82. The minimum atomic E-state index is -0.342. The van der Waals surface area contributed by atoms with Crippen LogP contribution in [0.3, 0.4) is 0 Å². The highest BCUT2D eigenvalue weighted by atomic mass is 32.1. The molecule has 2 unspecified atom stereocenters. The largest absolute Gasteiger partial charge is 0.465 e. The van der Waals surface area contributed by atoms with E-state index in [1.165, 1.54) is 0 Å². The first-order valence-electron chi connectivity index (χ1n) is 3.24. The van der Waals surface area contributed by atoms with E-state index in [0.29, 0.717) is 6.61 Å². The number of rotatable bonds is 0. The molecule has 4 heteroatoms. The van der Waals surface area contributed by atoms with Crippen molar-refractivity contribution < 1.29 is 9.53 Å². The van der Waals surface area contributed by atoms with Gasteiger partial charge in [-0.1, -0.05) is 0 Å². The Balaban J connectivity index is 2.55. The monoisotopic (exact) mass is 178 g/mol. The lowest BCUT2D eigenvalue weighted by atomic mass is 10.2. The molecule has 1 rings (SSSR count). The van der Waals surface area contributed by atoms with Crippen LogP contribution in [0.2, 0.25) is 0 Å². The van der Waals surface area contributed by atoms with Crippen LogP contribution in [-0.4, -0.2) is 23.1 Å². The SMILES string of the molecule is O=C1OCCCC(S)C1S. The van der Waals surface area contributed by atoms with Gasteiger partial charge in [0.05, 0.1) is 6.61 Å². The Kier molecular flexibility index (Phi) is 2.92. The van der Waals surface area contributed by atoms with Crippen LogP contribution in [0.15, 0.2) is 0 Å². The molecule has 0 aromatic rings. The molecule has 58 valence electrons. The van der Waals surface area contributed by atoms with Gasteiger partial charge in [-0.05, 0) is 12.8 Å². The van der Waals surface area contributed by atoms with Crippen LogP contribution in [0.4, 0.5) is 0 Å². The van der Waals surface area contributed by atoms with Gasteiger partial charge in [0.2, 0.25) is 0 Å². The quantitative estimate of drug-likeness (QED) is 0.426. The highest BCUT2D eigenvalue weighted by Crippen LogP contribution is 2.19. The highest BCUT2D eigenvalue weighted by Gasteiger charge is 2.25.